The van der Waals surface area contributed by atoms with Crippen molar-refractivity contribution < 1.29 is 39.6 Å². The molecule has 0 bridgehead atoms. The summed E-state index contributed by atoms with van der Waals surface area (Å²) in [4.78, 5) is 16.6. The highest BCUT2D eigenvalue weighted by Gasteiger charge is 2.37. The maximum absolute atomic E-state index is 13.7. The van der Waals surface area contributed by atoms with Crippen molar-refractivity contribution in [2.75, 3.05) is 14.1 Å². The van der Waals surface area contributed by atoms with E-state index in [-0.39, 0.29) is 16.7 Å². The van der Waals surface area contributed by atoms with Crippen molar-refractivity contribution in [2.45, 2.75) is 23.2 Å². The molecule has 2 aromatic carbocycles. The van der Waals surface area contributed by atoms with Gasteiger partial charge in [-0.15, -0.1) is 4.40 Å². The van der Waals surface area contributed by atoms with Gasteiger partial charge in [-0.3, -0.25) is 9.78 Å². The lowest BCUT2D eigenvalue weighted by Crippen LogP contribution is -2.25. The number of alkyl halides is 6. The summed E-state index contributed by atoms with van der Waals surface area (Å²) in [5, 5.41) is 0. The van der Waals surface area contributed by atoms with E-state index in [0.717, 1.165) is 48.9 Å². The predicted octanol–water partition coefficient (Wildman–Crippen LogP) is 4.68. The molecule has 14 heteroatoms. The second-order valence-electron chi connectivity index (χ2n) is 8.30. The van der Waals surface area contributed by atoms with Crippen LogP contribution < -0.4 is 5.73 Å². The Labute approximate surface area is 213 Å². The number of hydrogen-bond donors (Lipinski definition) is 1. The van der Waals surface area contributed by atoms with E-state index >= 15 is 0 Å². The maximum atomic E-state index is 13.7. The van der Waals surface area contributed by atoms with Crippen LogP contribution in [0.5, 0.6) is 0 Å². The average Bonchev–Trinajstić information content (AvgIpc) is 2.82. The Kier molecular flexibility index (Phi) is 7.86. The molecule has 1 heterocycles. The summed E-state index contributed by atoms with van der Waals surface area (Å²) in [6, 6.07) is 7.86. The van der Waals surface area contributed by atoms with Gasteiger partial charge in [-0.2, -0.15) is 34.8 Å². The number of rotatable bonds is 7. The Morgan fingerprint density at radius 3 is 2.24 bits per heavy atom. The van der Waals surface area contributed by atoms with Crippen molar-refractivity contribution in [1.29, 1.82) is 0 Å². The third-order valence-corrected chi connectivity index (χ3v) is 6.54. The minimum Gasteiger partial charge on any atom is -0.369 e. The van der Waals surface area contributed by atoms with Gasteiger partial charge in [0.25, 0.3) is 10.0 Å². The number of benzene rings is 2. The first-order valence-corrected chi connectivity index (χ1v) is 12.1. The number of halogens is 6. The van der Waals surface area contributed by atoms with Gasteiger partial charge in [-0.25, -0.2) is 0 Å². The number of aromatic nitrogens is 1. The molecule has 0 saturated carbocycles. The summed E-state index contributed by atoms with van der Waals surface area (Å²) in [6.07, 6.45) is -7.19. The van der Waals surface area contributed by atoms with Crippen LogP contribution in [0.4, 0.5) is 26.3 Å². The molecule has 1 atom stereocenters. The molecule has 0 spiro atoms. The van der Waals surface area contributed by atoms with Gasteiger partial charge < -0.3 is 10.6 Å². The molecule has 2 N–H and O–H groups in total. The first kappa shape index (κ1) is 28.6. The molecule has 0 aliphatic heterocycles. The fraction of sp³-hybridized carbons (Fsp3) is 0.208. The van der Waals surface area contributed by atoms with Crippen LogP contribution >= 0.6 is 0 Å². The number of hydrogen-bond acceptors (Lipinski definition) is 4. The topological polar surface area (TPSA) is 106 Å². The quantitative estimate of drug-likeness (QED) is 0.258. The van der Waals surface area contributed by atoms with Gasteiger partial charge in [0.1, 0.15) is 6.34 Å². The summed E-state index contributed by atoms with van der Waals surface area (Å²) < 4.78 is 111. The molecule has 38 heavy (non-hydrogen) atoms. The number of pyridine rings is 1. The van der Waals surface area contributed by atoms with Crippen molar-refractivity contribution in [3.8, 4) is 11.1 Å². The van der Waals surface area contributed by atoms with Crippen LogP contribution in [0.25, 0.3) is 11.1 Å². The average molecular weight is 559 g/mol. The fourth-order valence-corrected chi connectivity index (χ4v) is 4.80. The summed E-state index contributed by atoms with van der Waals surface area (Å²) in [6.45, 7) is 0. The molecule has 3 aromatic rings. The zero-order valence-corrected chi connectivity index (χ0v) is 20.6. The molecule has 1 amide bonds. The highest BCUT2D eigenvalue weighted by atomic mass is 32.2. The monoisotopic (exact) mass is 558 g/mol. The Morgan fingerprint density at radius 2 is 1.66 bits per heavy atom. The largest absolute Gasteiger partial charge is 0.417 e. The van der Waals surface area contributed by atoms with E-state index in [9.17, 15) is 39.6 Å². The van der Waals surface area contributed by atoms with Crippen molar-refractivity contribution in [1.82, 2.24) is 9.88 Å². The molecule has 1 unspecified atom stereocenters. The molecular formula is C24H20F6N4O3S. The van der Waals surface area contributed by atoms with Gasteiger partial charge in [-0.1, -0.05) is 30.3 Å². The van der Waals surface area contributed by atoms with E-state index in [0.29, 0.717) is 12.3 Å². The van der Waals surface area contributed by atoms with Gasteiger partial charge in [0, 0.05) is 37.6 Å². The van der Waals surface area contributed by atoms with Crippen LogP contribution in [0.1, 0.15) is 28.2 Å². The Morgan fingerprint density at radius 1 is 1.00 bits per heavy atom. The van der Waals surface area contributed by atoms with Gasteiger partial charge in [0.15, 0.2) is 0 Å². The van der Waals surface area contributed by atoms with E-state index in [4.69, 9.17) is 5.73 Å². The normalized spacial score (nSPS) is 13.5. The second kappa shape index (κ2) is 10.4. The van der Waals surface area contributed by atoms with E-state index in [1.807, 2.05) is 0 Å². The summed E-state index contributed by atoms with van der Waals surface area (Å²) in [5.41, 5.74) is 1.85. The number of carbonyl (C=O) groups excluding carboxylic acids is 1. The van der Waals surface area contributed by atoms with Crippen molar-refractivity contribution in [3.05, 3.63) is 83.2 Å². The number of sulfonamides is 1. The molecule has 202 valence electrons. The number of nitrogens with two attached hydrogens (primary N) is 1. The summed E-state index contributed by atoms with van der Waals surface area (Å²) >= 11 is 0. The SMILES string of the molecule is CN(C)C=NS(=O)(=O)c1cc(C(C(N)=O)c2ccccc2C(F)(F)F)ccc1-c1cncc(C(F)(F)F)c1. The Bertz CT molecular complexity index is 1480. The van der Waals surface area contributed by atoms with Crippen LogP contribution in [0.15, 0.2) is 70.2 Å². The maximum Gasteiger partial charge on any atom is 0.417 e. The number of amides is 1. The molecule has 0 saturated heterocycles. The molecule has 0 aliphatic rings. The van der Waals surface area contributed by atoms with Crippen molar-refractivity contribution in [3.63, 3.8) is 0 Å². The summed E-state index contributed by atoms with van der Waals surface area (Å²) in [7, 11) is -1.72. The molecule has 0 aliphatic carbocycles. The number of nitrogens with zero attached hydrogens (tertiary/aromatic N) is 3. The lowest BCUT2D eigenvalue weighted by Gasteiger charge is -2.21. The zero-order valence-electron chi connectivity index (χ0n) is 19.7. The molecule has 0 fully saturated rings. The molecule has 7 nitrogen and oxygen atoms in total. The second-order valence-corrected chi connectivity index (χ2v) is 9.90. The zero-order chi connectivity index (χ0) is 28.5. The van der Waals surface area contributed by atoms with E-state index < -0.39 is 55.8 Å². The minimum atomic E-state index is -4.86. The Balaban J connectivity index is 2.33. The van der Waals surface area contributed by atoms with Gasteiger partial charge in [0.05, 0.1) is 21.9 Å². The molecule has 0 radical (unpaired) electrons. The van der Waals surface area contributed by atoms with Crippen molar-refractivity contribution in [2.24, 2.45) is 10.1 Å². The number of primary amides is 1. The van der Waals surface area contributed by atoms with Gasteiger partial charge >= 0.3 is 12.4 Å². The third-order valence-electron chi connectivity index (χ3n) is 5.27. The Hall–Kier alpha value is -3.94. The molecular weight excluding hydrogens is 538 g/mol. The smallest absolute Gasteiger partial charge is 0.369 e. The van der Waals surface area contributed by atoms with Gasteiger partial charge in [-0.05, 0) is 29.3 Å². The van der Waals surface area contributed by atoms with Crippen LogP contribution in [-0.2, 0) is 27.2 Å². The minimum absolute atomic E-state index is 0.239. The van der Waals surface area contributed by atoms with Crippen LogP contribution in [0, 0.1) is 0 Å². The first-order valence-electron chi connectivity index (χ1n) is 10.6. The fourth-order valence-electron chi connectivity index (χ4n) is 3.63. The molecule has 1 aromatic heterocycles. The lowest BCUT2D eigenvalue weighted by molar-refractivity contribution is -0.139. The van der Waals surface area contributed by atoms with Crippen LogP contribution in [-0.4, -0.2) is 44.6 Å². The number of carbonyl (C=O) groups is 1. The summed E-state index contributed by atoms with van der Waals surface area (Å²) in [5.74, 6) is -2.95. The van der Waals surface area contributed by atoms with E-state index in [2.05, 4.69) is 9.38 Å². The highest BCUT2D eigenvalue weighted by Crippen LogP contribution is 2.40. The van der Waals surface area contributed by atoms with E-state index in [1.165, 1.54) is 25.1 Å². The standard InChI is InChI=1S/C24H20F6N4O3S/c1-34(2)13-33-38(36,37)20-10-14(7-8-17(20)15-9-16(12-32-11-15)23(25,26)27)21(22(31)35)18-5-3-4-6-19(18)24(28,29)30/h3-13,21H,1-2H3,(H2,31,35). The molecule has 3 rings (SSSR count). The van der Waals surface area contributed by atoms with Gasteiger partial charge in [0.2, 0.25) is 5.91 Å². The lowest BCUT2D eigenvalue weighted by atomic mass is 9.86. The third kappa shape index (κ3) is 6.30. The van der Waals surface area contributed by atoms with Crippen LogP contribution in [0.2, 0.25) is 0 Å². The predicted molar refractivity (Wildman–Crippen MR) is 127 cm³/mol. The van der Waals surface area contributed by atoms with Crippen LogP contribution in [0.3, 0.4) is 0 Å². The van der Waals surface area contributed by atoms with Crippen molar-refractivity contribution >= 4 is 22.3 Å². The highest BCUT2D eigenvalue weighted by molar-refractivity contribution is 7.90. The van der Waals surface area contributed by atoms with E-state index in [1.54, 1.807) is 0 Å². The first-order chi connectivity index (χ1) is 17.5.